The molecule has 1 rings (SSSR count). The molecule has 0 radical (unpaired) electrons. The summed E-state index contributed by atoms with van der Waals surface area (Å²) >= 11 is 0. The fourth-order valence-corrected chi connectivity index (χ4v) is 1.82. The maximum absolute atomic E-state index is 11.0. The van der Waals surface area contributed by atoms with Crippen molar-refractivity contribution in [1.82, 2.24) is 10.6 Å². The predicted molar refractivity (Wildman–Crippen MR) is 49.0 cm³/mol. The maximum Gasteiger partial charge on any atom is 0.314 e. The van der Waals surface area contributed by atoms with Crippen LogP contribution in [0.15, 0.2) is 0 Å². The average molecular weight is 170 g/mol. The highest BCUT2D eigenvalue weighted by atomic mass is 16.2. The fraction of sp³-hybridized carbons (Fsp3) is 0.889. The highest BCUT2D eigenvalue weighted by molar-refractivity contribution is 5.73. The second-order valence-corrected chi connectivity index (χ2v) is 3.69. The molecule has 0 aromatic heterocycles. The number of amides is 2. The van der Waals surface area contributed by atoms with Gasteiger partial charge in [-0.2, -0.15) is 0 Å². The van der Waals surface area contributed by atoms with Crippen molar-refractivity contribution in [2.75, 3.05) is 7.05 Å². The molecule has 2 amide bonds. The van der Waals surface area contributed by atoms with Gasteiger partial charge in [0.25, 0.3) is 0 Å². The van der Waals surface area contributed by atoms with Gasteiger partial charge in [-0.3, -0.25) is 0 Å². The molecule has 3 heteroatoms. The summed E-state index contributed by atoms with van der Waals surface area (Å²) in [6, 6.07) is 0.350. The van der Waals surface area contributed by atoms with Gasteiger partial charge in [-0.1, -0.05) is 19.8 Å². The molecule has 0 aliphatic heterocycles. The molecule has 1 aliphatic carbocycles. The molecule has 0 heterocycles. The third kappa shape index (κ3) is 2.72. The summed E-state index contributed by atoms with van der Waals surface area (Å²) in [5, 5.41) is 5.53. The summed E-state index contributed by atoms with van der Waals surface area (Å²) in [6.07, 6.45) is 4.83. The Bertz CT molecular complexity index is 159. The number of carbonyl (C=O) groups excluding carboxylic acids is 1. The van der Waals surface area contributed by atoms with Gasteiger partial charge in [-0.15, -0.1) is 0 Å². The van der Waals surface area contributed by atoms with Crippen LogP contribution in [0.3, 0.4) is 0 Å². The minimum Gasteiger partial charge on any atom is -0.341 e. The molecule has 1 aliphatic rings. The molecule has 0 aromatic carbocycles. The molecule has 1 fully saturated rings. The third-order valence-electron chi connectivity index (χ3n) is 2.50. The van der Waals surface area contributed by atoms with Crippen LogP contribution in [0, 0.1) is 5.92 Å². The standard InChI is InChI=1S/C9H18N2O/c1-7-4-3-5-8(6-7)11-9(12)10-2/h7-8H,3-6H2,1-2H3,(H2,10,11,12)/t7-,8-/m1/s1. The molecule has 2 atom stereocenters. The number of hydrogen-bond acceptors (Lipinski definition) is 1. The molecule has 3 nitrogen and oxygen atoms in total. The van der Waals surface area contributed by atoms with Crippen molar-refractivity contribution in [1.29, 1.82) is 0 Å². The van der Waals surface area contributed by atoms with Gasteiger partial charge in [0, 0.05) is 13.1 Å². The first kappa shape index (κ1) is 9.36. The number of nitrogens with one attached hydrogen (secondary N) is 2. The van der Waals surface area contributed by atoms with E-state index in [0.29, 0.717) is 6.04 Å². The minimum atomic E-state index is -0.0471. The lowest BCUT2D eigenvalue weighted by Gasteiger charge is -2.27. The summed E-state index contributed by atoms with van der Waals surface area (Å²) in [7, 11) is 1.65. The molecule has 0 unspecified atom stereocenters. The summed E-state index contributed by atoms with van der Waals surface area (Å²) in [5.41, 5.74) is 0. The third-order valence-corrected chi connectivity index (χ3v) is 2.50. The first-order chi connectivity index (χ1) is 5.72. The normalized spacial score (nSPS) is 29.5. The Morgan fingerprint density at radius 3 is 2.75 bits per heavy atom. The molecule has 0 spiro atoms. The number of rotatable bonds is 1. The van der Waals surface area contributed by atoms with Crippen molar-refractivity contribution in [3.63, 3.8) is 0 Å². The van der Waals surface area contributed by atoms with Crippen molar-refractivity contribution in [2.24, 2.45) is 5.92 Å². The van der Waals surface area contributed by atoms with Crippen LogP contribution in [-0.4, -0.2) is 19.1 Å². The van der Waals surface area contributed by atoms with Crippen molar-refractivity contribution >= 4 is 6.03 Å². The fourth-order valence-electron chi connectivity index (χ4n) is 1.82. The Morgan fingerprint density at radius 1 is 1.42 bits per heavy atom. The summed E-state index contributed by atoms with van der Waals surface area (Å²) in [5.74, 6) is 0.765. The van der Waals surface area contributed by atoms with Gasteiger partial charge >= 0.3 is 6.03 Å². The van der Waals surface area contributed by atoms with Crippen LogP contribution >= 0.6 is 0 Å². The summed E-state index contributed by atoms with van der Waals surface area (Å²) in [4.78, 5) is 11.0. The van der Waals surface area contributed by atoms with E-state index >= 15 is 0 Å². The van der Waals surface area contributed by atoms with Gasteiger partial charge in [-0.05, 0) is 18.8 Å². The van der Waals surface area contributed by atoms with Gasteiger partial charge in [0.05, 0.1) is 0 Å². The second kappa shape index (κ2) is 4.33. The van der Waals surface area contributed by atoms with E-state index < -0.39 is 0 Å². The van der Waals surface area contributed by atoms with Gasteiger partial charge in [0.2, 0.25) is 0 Å². The molecular formula is C9H18N2O. The van der Waals surface area contributed by atoms with Crippen molar-refractivity contribution in [2.45, 2.75) is 38.6 Å². The summed E-state index contributed by atoms with van der Waals surface area (Å²) < 4.78 is 0. The lowest BCUT2D eigenvalue weighted by molar-refractivity contribution is 0.229. The Hall–Kier alpha value is -0.730. The maximum atomic E-state index is 11.0. The van der Waals surface area contributed by atoms with Gasteiger partial charge in [-0.25, -0.2) is 4.79 Å². The highest BCUT2D eigenvalue weighted by Gasteiger charge is 2.19. The molecule has 2 N–H and O–H groups in total. The van der Waals surface area contributed by atoms with Gasteiger partial charge in [0.1, 0.15) is 0 Å². The van der Waals surface area contributed by atoms with Gasteiger partial charge in [0.15, 0.2) is 0 Å². The minimum absolute atomic E-state index is 0.0471. The first-order valence-corrected chi connectivity index (χ1v) is 4.70. The van der Waals surface area contributed by atoms with E-state index in [1.807, 2.05) is 0 Å². The molecule has 0 aromatic rings. The summed E-state index contributed by atoms with van der Waals surface area (Å²) in [6.45, 7) is 2.25. The lowest BCUT2D eigenvalue weighted by atomic mass is 9.87. The van der Waals surface area contributed by atoms with Crippen LogP contribution in [0.1, 0.15) is 32.6 Å². The van der Waals surface area contributed by atoms with Crippen molar-refractivity contribution < 1.29 is 4.79 Å². The zero-order valence-electron chi connectivity index (χ0n) is 7.89. The Kier molecular flexibility index (Phi) is 3.38. The largest absolute Gasteiger partial charge is 0.341 e. The van der Waals surface area contributed by atoms with Crippen LogP contribution in [-0.2, 0) is 0 Å². The topological polar surface area (TPSA) is 41.1 Å². The van der Waals surface area contributed by atoms with E-state index in [2.05, 4.69) is 17.6 Å². The van der Waals surface area contributed by atoms with Crippen LogP contribution in [0.4, 0.5) is 4.79 Å². The van der Waals surface area contributed by atoms with Crippen molar-refractivity contribution in [3.05, 3.63) is 0 Å². The van der Waals surface area contributed by atoms with E-state index in [9.17, 15) is 4.79 Å². The van der Waals surface area contributed by atoms with E-state index in [0.717, 1.165) is 18.8 Å². The lowest BCUT2D eigenvalue weighted by Crippen LogP contribution is -2.42. The number of urea groups is 1. The molecule has 1 saturated carbocycles. The van der Waals surface area contributed by atoms with Crippen LogP contribution in [0.2, 0.25) is 0 Å². The molecule has 70 valence electrons. The van der Waals surface area contributed by atoms with E-state index in [1.54, 1.807) is 7.05 Å². The molecule has 12 heavy (non-hydrogen) atoms. The van der Waals surface area contributed by atoms with E-state index in [1.165, 1.54) is 12.8 Å². The number of carbonyl (C=O) groups is 1. The molecule has 0 saturated heterocycles. The second-order valence-electron chi connectivity index (χ2n) is 3.69. The highest BCUT2D eigenvalue weighted by Crippen LogP contribution is 2.23. The number of hydrogen-bond donors (Lipinski definition) is 2. The first-order valence-electron chi connectivity index (χ1n) is 4.70. The van der Waals surface area contributed by atoms with Gasteiger partial charge < -0.3 is 10.6 Å². The quantitative estimate of drug-likeness (QED) is 0.615. The average Bonchev–Trinajstić information content (AvgIpc) is 2.04. The van der Waals surface area contributed by atoms with Crippen molar-refractivity contribution in [3.8, 4) is 0 Å². The zero-order chi connectivity index (χ0) is 8.97. The smallest absolute Gasteiger partial charge is 0.314 e. The van der Waals surface area contributed by atoms with Crippen LogP contribution in [0.25, 0.3) is 0 Å². The van der Waals surface area contributed by atoms with E-state index in [4.69, 9.17) is 0 Å². The Morgan fingerprint density at radius 2 is 2.17 bits per heavy atom. The van der Waals surface area contributed by atoms with E-state index in [-0.39, 0.29) is 6.03 Å². The monoisotopic (exact) mass is 170 g/mol. The SMILES string of the molecule is CNC(=O)N[C@@H]1CCC[C@@H](C)C1. The molecule has 0 bridgehead atoms. The van der Waals surface area contributed by atoms with Crippen LogP contribution in [0.5, 0.6) is 0 Å². The predicted octanol–water partition coefficient (Wildman–Crippen LogP) is 1.49. The zero-order valence-corrected chi connectivity index (χ0v) is 7.89. The Labute approximate surface area is 73.9 Å². The molecular weight excluding hydrogens is 152 g/mol. The van der Waals surface area contributed by atoms with Crippen LogP contribution < -0.4 is 10.6 Å². The Balaban J connectivity index is 2.27.